The largest absolute Gasteiger partial charge is 0.459 e. The summed E-state index contributed by atoms with van der Waals surface area (Å²) in [6.07, 6.45) is 8.68. The molecular weight excluding hydrogens is 328 g/mol. The second kappa shape index (κ2) is 7.68. The first-order valence-corrected chi connectivity index (χ1v) is 10.0. The molecule has 0 radical (unpaired) electrons. The maximum Gasteiger partial charge on any atom is 0.329 e. The van der Waals surface area contributed by atoms with E-state index < -0.39 is 6.04 Å². The number of ether oxygens (including phenoxy) is 1. The van der Waals surface area contributed by atoms with Crippen molar-refractivity contribution in [1.29, 1.82) is 0 Å². The van der Waals surface area contributed by atoms with Gasteiger partial charge >= 0.3 is 12.0 Å². The molecule has 5 nitrogen and oxygen atoms in total. The van der Waals surface area contributed by atoms with Crippen molar-refractivity contribution in [2.24, 2.45) is 5.92 Å². The Balaban J connectivity index is 1.39. The lowest BCUT2D eigenvalue weighted by atomic mass is 9.95. The van der Waals surface area contributed by atoms with E-state index in [1.54, 1.807) is 4.90 Å². The van der Waals surface area contributed by atoms with Crippen molar-refractivity contribution in [2.45, 2.75) is 76.1 Å². The number of carbonyl (C=O) groups is 2. The van der Waals surface area contributed by atoms with Gasteiger partial charge in [0, 0.05) is 12.1 Å². The molecule has 1 heterocycles. The van der Waals surface area contributed by atoms with Crippen LogP contribution in [-0.2, 0) is 16.1 Å². The summed E-state index contributed by atoms with van der Waals surface area (Å²) in [6.45, 7) is 0.269. The minimum Gasteiger partial charge on any atom is -0.459 e. The fraction of sp³-hybridized carbons (Fsp3) is 0.619. The van der Waals surface area contributed by atoms with E-state index in [0.717, 1.165) is 37.7 Å². The molecule has 2 bridgehead atoms. The first-order chi connectivity index (χ1) is 12.7. The number of benzene rings is 1. The van der Waals surface area contributed by atoms with Gasteiger partial charge in [0.25, 0.3) is 0 Å². The monoisotopic (exact) mass is 356 g/mol. The zero-order valence-corrected chi connectivity index (χ0v) is 15.2. The number of hydrogen-bond donors (Lipinski definition) is 1. The van der Waals surface area contributed by atoms with Gasteiger partial charge in [-0.05, 0) is 43.6 Å². The molecule has 1 aliphatic heterocycles. The summed E-state index contributed by atoms with van der Waals surface area (Å²) in [5.74, 6) is 0.000210. The van der Waals surface area contributed by atoms with Crippen LogP contribution < -0.4 is 5.32 Å². The van der Waals surface area contributed by atoms with Gasteiger partial charge in [-0.3, -0.25) is 0 Å². The van der Waals surface area contributed by atoms with E-state index >= 15 is 0 Å². The van der Waals surface area contributed by atoms with E-state index in [0.29, 0.717) is 0 Å². The molecule has 3 aliphatic rings. The Morgan fingerprint density at radius 3 is 2.58 bits per heavy atom. The van der Waals surface area contributed by atoms with E-state index in [9.17, 15) is 9.59 Å². The number of esters is 1. The SMILES string of the molecule is O=C(OCc1ccccc1)C1C2CCC(C2)N1C(=O)NC1CCCCC1. The van der Waals surface area contributed by atoms with Gasteiger partial charge in [-0.2, -0.15) is 0 Å². The van der Waals surface area contributed by atoms with Crippen molar-refractivity contribution in [2.75, 3.05) is 0 Å². The average Bonchev–Trinajstić information content (AvgIpc) is 3.29. The van der Waals surface area contributed by atoms with Crippen LogP contribution >= 0.6 is 0 Å². The van der Waals surface area contributed by atoms with E-state index in [4.69, 9.17) is 4.74 Å². The molecule has 2 aliphatic carbocycles. The van der Waals surface area contributed by atoms with Crippen molar-refractivity contribution in [3.05, 3.63) is 35.9 Å². The maximum absolute atomic E-state index is 12.9. The third-order valence-electron chi connectivity index (χ3n) is 6.22. The summed E-state index contributed by atoms with van der Waals surface area (Å²) < 4.78 is 5.57. The van der Waals surface area contributed by atoms with Crippen LogP contribution in [0.3, 0.4) is 0 Å². The van der Waals surface area contributed by atoms with Crippen LogP contribution in [0, 0.1) is 5.92 Å². The molecule has 4 rings (SSSR count). The smallest absolute Gasteiger partial charge is 0.329 e. The summed E-state index contributed by atoms with van der Waals surface area (Å²) >= 11 is 0. The Labute approximate surface area is 155 Å². The third kappa shape index (κ3) is 3.57. The number of fused-ring (bicyclic) bond motifs is 2. The fourth-order valence-electron chi connectivity index (χ4n) is 4.89. The molecule has 0 aromatic heterocycles. The Hall–Kier alpha value is -2.04. The number of hydrogen-bond acceptors (Lipinski definition) is 3. The number of amides is 2. The number of nitrogens with zero attached hydrogens (tertiary/aromatic N) is 1. The van der Waals surface area contributed by atoms with Gasteiger partial charge in [0.2, 0.25) is 0 Å². The predicted molar refractivity (Wildman–Crippen MR) is 98.4 cm³/mol. The van der Waals surface area contributed by atoms with Crippen molar-refractivity contribution >= 4 is 12.0 Å². The molecule has 1 N–H and O–H groups in total. The average molecular weight is 356 g/mol. The highest BCUT2D eigenvalue weighted by Crippen LogP contribution is 2.43. The zero-order valence-electron chi connectivity index (χ0n) is 15.2. The third-order valence-corrected chi connectivity index (χ3v) is 6.22. The number of nitrogens with one attached hydrogen (secondary N) is 1. The lowest BCUT2D eigenvalue weighted by Gasteiger charge is -2.35. The fourth-order valence-corrected chi connectivity index (χ4v) is 4.89. The molecule has 26 heavy (non-hydrogen) atoms. The first kappa shape index (κ1) is 17.4. The van der Waals surface area contributed by atoms with Crippen molar-refractivity contribution < 1.29 is 14.3 Å². The van der Waals surface area contributed by atoms with Crippen LogP contribution in [0.25, 0.3) is 0 Å². The van der Waals surface area contributed by atoms with Gasteiger partial charge in [-0.25, -0.2) is 9.59 Å². The zero-order chi connectivity index (χ0) is 17.9. The van der Waals surface area contributed by atoms with Crippen LogP contribution in [-0.4, -0.2) is 35.0 Å². The maximum atomic E-state index is 12.9. The minimum absolute atomic E-state index is 0.0641. The molecule has 140 valence electrons. The Morgan fingerprint density at radius 1 is 1.04 bits per heavy atom. The second-order valence-electron chi connectivity index (χ2n) is 7.96. The number of carbonyl (C=O) groups excluding carboxylic acids is 2. The van der Waals surface area contributed by atoms with Crippen LogP contribution in [0.15, 0.2) is 30.3 Å². The number of likely N-dealkylation sites (tertiary alicyclic amines) is 1. The van der Waals surface area contributed by atoms with Crippen LogP contribution in [0.4, 0.5) is 4.79 Å². The molecule has 1 aromatic carbocycles. The Kier molecular flexibility index (Phi) is 5.14. The van der Waals surface area contributed by atoms with E-state index in [2.05, 4.69) is 5.32 Å². The van der Waals surface area contributed by atoms with Gasteiger partial charge < -0.3 is 15.0 Å². The van der Waals surface area contributed by atoms with E-state index in [1.807, 2.05) is 30.3 Å². The normalized spacial score (nSPS) is 28.2. The van der Waals surface area contributed by atoms with Crippen LogP contribution in [0.1, 0.15) is 56.9 Å². The highest BCUT2D eigenvalue weighted by Gasteiger charge is 2.52. The first-order valence-electron chi connectivity index (χ1n) is 10.0. The van der Waals surface area contributed by atoms with Crippen LogP contribution in [0.5, 0.6) is 0 Å². The van der Waals surface area contributed by atoms with Gasteiger partial charge in [0.15, 0.2) is 0 Å². The molecule has 3 unspecified atom stereocenters. The number of rotatable bonds is 4. The van der Waals surface area contributed by atoms with E-state index in [1.165, 1.54) is 19.3 Å². The van der Waals surface area contributed by atoms with Gasteiger partial charge in [-0.15, -0.1) is 0 Å². The number of urea groups is 1. The lowest BCUT2D eigenvalue weighted by Crippen LogP contribution is -2.55. The molecule has 1 saturated heterocycles. The quantitative estimate of drug-likeness (QED) is 0.838. The van der Waals surface area contributed by atoms with Gasteiger partial charge in [0.05, 0.1) is 0 Å². The predicted octanol–water partition coefficient (Wildman–Crippen LogP) is 3.63. The summed E-state index contributed by atoms with van der Waals surface area (Å²) in [5.41, 5.74) is 0.974. The molecular formula is C21H28N2O3. The highest BCUT2D eigenvalue weighted by atomic mass is 16.5. The van der Waals surface area contributed by atoms with Crippen molar-refractivity contribution in [3.8, 4) is 0 Å². The Morgan fingerprint density at radius 2 is 1.81 bits per heavy atom. The molecule has 3 atom stereocenters. The summed E-state index contributed by atoms with van der Waals surface area (Å²) in [4.78, 5) is 27.5. The summed E-state index contributed by atoms with van der Waals surface area (Å²) in [7, 11) is 0. The molecule has 2 saturated carbocycles. The van der Waals surface area contributed by atoms with Gasteiger partial charge in [-0.1, -0.05) is 49.6 Å². The highest BCUT2D eigenvalue weighted by molar-refractivity contribution is 5.85. The Bertz CT molecular complexity index is 642. The molecule has 3 fully saturated rings. The molecule has 5 heteroatoms. The lowest BCUT2D eigenvalue weighted by molar-refractivity contribution is -0.151. The van der Waals surface area contributed by atoms with Gasteiger partial charge in [0.1, 0.15) is 12.6 Å². The molecule has 1 aromatic rings. The number of piperidine rings is 1. The summed E-state index contributed by atoms with van der Waals surface area (Å²) in [5, 5.41) is 3.18. The van der Waals surface area contributed by atoms with Crippen molar-refractivity contribution in [1.82, 2.24) is 10.2 Å². The molecule has 0 spiro atoms. The molecule has 2 amide bonds. The van der Waals surface area contributed by atoms with Crippen molar-refractivity contribution in [3.63, 3.8) is 0 Å². The summed E-state index contributed by atoms with van der Waals surface area (Å²) in [6, 6.07) is 9.68. The topological polar surface area (TPSA) is 58.6 Å². The second-order valence-corrected chi connectivity index (χ2v) is 7.96. The van der Waals surface area contributed by atoms with Crippen LogP contribution in [0.2, 0.25) is 0 Å². The standard InChI is InChI=1S/C21H28N2O3/c24-20(26-14-15-7-3-1-4-8-15)19-16-11-12-18(13-16)23(19)21(25)22-17-9-5-2-6-10-17/h1,3-4,7-8,16-19H,2,5-6,9-14H2,(H,22,25). The van der Waals surface area contributed by atoms with E-state index in [-0.39, 0.29) is 36.6 Å². The minimum atomic E-state index is -0.416.